The van der Waals surface area contributed by atoms with Crippen LogP contribution in [0.15, 0.2) is 89.1 Å². The number of hydrogen-bond acceptors (Lipinski definition) is 2. The van der Waals surface area contributed by atoms with Crippen molar-refractivity contribution in [2.45, 2.75) is 66.3 Å². The highest BCUT2D eigenvalue weighted by molar-refractivity contribution is 5.92. The van der Waals surface area contributed by atoms with E-state index in [4.69, 9.17) is 0 Å². The molecule has 2 rings (SSSR count). The van der Waals surface area contributed by atoms with Gasteiger partial charge in [0.15, 0.2) is 0 Å². The van der Waals surface area contributed by atoms with Crippen LogP contribution in [0.2, 0.25) is 0 Å². The third-order valence-electron chi connectivity index (χ3n) is 6.03. The Bertz CT molecular complexity index is 991. The first-order chi connectivity index (χ1) is 15.6. The number of rotatable bonds is 9. The molecule has 1 unspecified atom stereocenters. The van der Waals surface area contributed by atoms with Crippen LogP contribution in [0.5, 0.6) is 0 Å². The average molecular weight is 448 g/mol. The number of carboxylic acids is 1. The van der Waals surface area contributed by atoms with Gasteiger partial charge >= 0.3 is 5.97 Å². The van der Waals surface area contributed by atoms with E-state index in [1.165, 1.54) is 36.5 Å². The normalized spacial score (nSPS) is 18.1. The van der Waals surface area contributed by atoms with E-state index in [0.717, 1.165) is 16.7 Å². The van der Waals surface area contributed by atoms with Gasteiger partial charge in [-0.05, 0) is 62.2 Å². The van der Waals surface area contributed by atoms with E-state index in [2.05, 4.69) is 45.2 Å². The summed E-state index contributed by atoms with van der Waals surface area (Å²) in [4.78, 5) is 23.8. The number of benzene rings is 1. The summed E-state index contributed by atoms with van der Waals surface area (Å²) in [5.41, 5.74) is 5.86. The standard InChI is InChI=1S/C29H37NO3/c1-21(16-17-25-23(3)13-10-18-29(25,4)5)11-9-12-22(2)19-27(31)30-26(28(32)33)20-24-14-7-6-8-15-24/h6-9,11-12,14-17,19,26H,10,13,18,20H2,1-5H3,(H,30,31)(H,32,33)/b12-9+,17-16+,21-11+,22-19+. The first-order valence-corrected chi connectivity index (χ1v) is 11.6. The van der Waals surface area contributed by atoms with Crippen molar-refractivity contribution in [2.75, 3.05) is 0 Å². The fourth-order valence-electron chi connectivity index (χ4n) is 4.15. The van der Waals surface area contributed by atoms with Gasteiger partial charge in [0.2, 0.25) is 5.91 Å². The molecule has 1 aromatic rings. The molecule has 176 valence electrons. The second kappa shape index (κ2) is 12.2. The van der Waals surface area contributed by atoms with Gasteiger partial charge in [-0.15, -0.1) is 0 Å². The third kappa shape index (κ3) is 8.72. The molecule has 0 fully saturated rings. The van der Waals surface area contributed by atoms with Gasteiger partial charge in [0.1, 0.15) is 6.04 Å². The van der Waals surface area contributed by atoms with Crippen molar-refractivity contribution < 1.29 is 14.7 Å². The number of carboxylic acid groups (broad SMARTS) is 1. The Hall–Kier alpha value is -3.14. The highest BCUT2D eigenvalue weighted by Crippen LogP contribution is 2.40. The summed E-state index contributed by atoms with van der Waals surface area (Å²) < 4.78 is 0. The van der Waals surface area contributed by atoms with E-state index < -0.39 is 17.9 Å². The summed E-state index contributed by atoms with van der Waals surface area (Å²) in [6.07, 6.45) is 15.5. The minimum Gasteiger partial charge on any atom is -0.480 e. The van der Waals surface area contributed by atoms with Gasteiger partial charge in [-0.2, -0.15) is 0 Å². The number of hydrogen-bond donors (Lipinski definition) is 2. The molecule has 33 heavy (non-hydrogen) atoms. The molecule has 0 saturated carbocycles. The second-order valence-electron chi connectivity index (χ2n) is 9.51. The Balaban J connectivity index is 1.96. The SMILES string of the molecule is CC1=C(/C=C/C(C)=C/C=C/C(C)=C/C(=O)NC(Cc2ccccc2)C(=O)O)C(C)(C)CCC1. The van der Waals surface area contributed by atoms with Crippen LogP contribution in [0.25, 0.3) is 0 Å². The molecule has 0 saturated heterocycles. The predicted molar refractivity (Wildman–Crippen MR) is 136 cm³/mol. The quantitative estimate of drug-likeness (QED) is 0.343. The van der Waals surface area contributed by atoms with Crippen molar-refractivity contribution in [3.63, 3.8) is 0 Å². The van der Waals surface area contributed by atoms with E-state index in [0.29, 0.717) is 0 Å². The zero-order valence-corrected chi connectivity index (χ0v) is 20.5. The molecule has 0 bridgehead atoms. The molecule has 1 aliphatic rings. The minimum absolute atomic E-state index is 0.218. The maximum absolute atomic E-state index is 12.3. The van der Waals surface area contributed by atoms with E-state index in [1.807, 2.05) is 55.5 Å². The van der Waals surface area contributed by atoms with Crippen molar-refractivity contribution >= 4 is 11.9 Å². The molecule has 1 amide bonds. The molecule has 4 nitrogen and oxygen atoms in total. The van der Waals surface area contributed by atoms with Crippen LogP contribution in [0.3, 0.4) is 0 Å². The summed E-state index contributed by atoms with van der Waals surface area (Å²) in [6.45, 7) is 10.7. The Labute approximate surface area is 198 Å². The first kappa shape index (κ1) is 26.1. The van der Waals surface area contributed by atoms with Crippen LogP contribution in [-0.4, -0.2) is 23.0 Å². The Kier molecular flexibility index (Phi) is 9.65. The molecule has 0 aliphatic heterocycles. The van der Waals surface area contributed by atoms with E-state index >= 15 is 0 Å². The molecular weight excluding hydrogens is 410 g/mol. The van der Waals surface area contributed by atoms with Crippen LogP contribution >= 0.6 is 0 Å². The fourth-order valence-corrected chi connectivity index (χ4v) is 4.15. The summed E-state index contributed by atoms with van der Waals surface area (Å²) >= 11 is 0. The monoisotopic (exact) mass is 447 g/mol. The number of nitrogens with one attached hydrogen (secondary N) is 1. The number of carbonyl (C=O) groups is 2. The van der Waals surface area contributed by atoms with Crippen molar-refractivity contribution in [1.82, 2.24) is 5.32 Å². The summed E-state index contributed by atoms with van der Waals surface area (Å²) in [5.74, 6) is -1.46. The Morgan fingerprint density at radius 2 is 1.82 bits per heavy atom. The number of amides is 1. The van der Waals surface area contributed by atoms with Crippen LogP contribution < -0.4 is 5.32 Å². The van der Waals surface area contributed by atoms with Gasteiger partial charge in [-0.1, -0.05) is 85.7 Å². The Morgan fingerprint density at radius 1 is 1.12 bits per heavy atom. The van der Waals surface area contributed by atoms with Gasteiger partial charge in [0.25, 0.3) is 0 Å². The molecule has 1 atom stereocenters. The zero-order valence-electron chi connectivity index (χ0n) is 20.5. The highest BCUT2D eigenvalue weighted by Gasteiger charge is 2.26. The van der Waals surface area contributed by atoms with Gasteiger partial charge < -0.3 is 10.4 Å². The fraction of sp³-hybridized carbons (Fsp3) is 0.379. The van der Waals surface area contributed by atoms with Crippen molar-refractivity contribution in [1.29, 1.82) is 0 Å². The van der Waals surface area contributed by atoms with Crippen LogP contribution in [-0.2, 0) is 16.0 Å². The van der Waals surface area contributed by atoms with Gasteiger partial charge in [-0.25, -0.2) is 4.79 Å². The lowest BCUT2D eigenvalue weighted by molar-refractivity contribution is -0.141. The average Bonchev–Trinajstić information content (AvgIpc) is 2.73. The van der Waals surface area contributed by atoms with Crippen molar-refractivity contribution in [2.24, 2.45) is 5.41 Å². The molecule has 2 N–H and O–H groups in total. The van der Waals surface area contributed by atoms with Gasteiger partial charge in [-0.3, -0.25) is 4.79 Å². The topological polar surface area (TPSA) is 66.4 Å². The van der Waals surface area contributed by atoms with Crippen molar-refractivity contribution in [3.8, 4) is 0 Å². The Morgan fingerprint density at radius 3 is 2.45 bits per heavy atom. The zero-order chi connectivity index (χ0) is 24.4. The van der Waals surface area contributed by atoms with E-state index in [-0.39, 0.29) is 11.8 Å². The molecule has 1 aromatic carbocycles. The smallest absolute Gasteiger partial charge is 0.326 e. The molecule has 4 heteroatoms. The minimum atomic E-state index is -1.05. The van der Waals surface area contributed by atoms with E-state index in [1.54, 1.807) is 0 Å². The van der Waals surface area contributed by atoms with Gasteiger partial charge in [0.05, 0.1) is 0 Å². The summed E-state index contributed by atoms with van der Waals surface area (Å²) in [6, 6.07) is 8.30. The molecule has 1 aliphatic carbocycles. The summed E-state index contributed by atoms with van der Waals surface area (Å²) in [5, 5.41) is 12.0. The van der Waals surface area contributed by atoms with Crippen LogP contribution in [0, 0.1) is 5.41 Å². The first-order valence-electron chi connectivity index (χ1n) is 11.6. The van der Waals surface area contributed by atoms with Crippen LogP contribution in [0.4, 0.5) is 0 Å². The second-order valence-corrected chi connectivity index (χ2v) is 9.51. The molecule has 0 radical (unpaired) electrons. The summed E-state index contributed by atoms with van der Waals surface area (Å²) in [7, 11) is 0. The maximum atomic E-state index is 12.3. The maximum Gasteiger partial charge on any atom is 0.326 e. The molecule has 0 spiro atoms. The predicted octanol–water partition coefficient (Wildman–Crippen LogP) is 6.33. The van der Waals surface area contributed by atoms with Crippen LogP contribution in [0.1, 0.15) is 59.4 Å². The third-order valence-corrected chi connectivity index (χ3v) is 6.03. The lowest BCUT2D eigenvalue weighted by Crippen LogP contribution is -2.41. The van der Waals surface area contributed by atoms with Gasteiger partial charge in [0, 0.05) is 12.5 Å². The van der Waals surface area contributed by atoms with E-state index in [9.17, 15) is 14.7 Å². The largest absolute Gasteiger partial charge is 0.480 e. The molecule has 0 heterocycles. The highest BCUT2D eigenvalue weighted by atomic mass is 16.4. The van der Waals surface area contributed by atoms with Crippen molar-refractivity contribution in [3.05, 3.63) is 94.6 Å². The number of carbonyl (C=O) groups excluding carboxylic acids is 1. The lowest BCUT2D eigenvalue weighted by atomic mass is 9.72. The molecular formula is C29H37NO3. The molecule has 0 aromatic heterocycles. The number of allylic oxidation sites excluding steroid dienone is 9. The number of aliphatic carboxylic acids is 1. The lowest BCUT2D eigenvalue weighted by Gasteiger charge is -2.32.